The van der Waals surface area contributed by atoms with E-state index >= 15 is 0 Å². The molecule has 1 atom stereocenters. The lowest BCUT2D eigenvalue weighted by molar-refractivity contribution is -0.156. The van der Waals surface area contributed by atoms with E-state index in [9.17, 15) is 14.4 Å². The van der Waals surface area contributed by atoms with E-state index in [0.717, 1.165) is 70.6 Å². The molecule has 0 saturated heterocycles. The summed E-state index contributed by atoms with van der Waals surface area (Å²) < 4.78 is 17.0. The van der Waals surface area contributed by atoms with Crippen LogP contribution in [0.15, 0.2) is 0 Å². The Labute approximate surface area is 298 Å². The second-order valence-corrected chi connectivity index (χ2v) is 14.3. The molecule has 0 amide bonds. The van der Waals surface area contributed by atoms with E-state index in [-0.39, 0.29) is 30.4 Å². The largest absolute Gasteiger partial charge is 0.466 e. The highest BCUT2D eigenvalue weighted by molar-refractivity contribution is 5.72. The Morgan fingerprint density at radius 2 is 0.750 bits per heavy atom. The molecule has 6 nitrogen and oxygen atoms in total. The fourth-order valence-corrected chi connectivity index (χ4v) is 6.32. The minimum absolute atomic E-state index is 0.0628. The van der Waals surface area contributed by atoms with Crippen molar-refractivity contribution < 1.29 is 28.6 Å². The van der Waals surface area contributed by atoms with Crippen LogP contribution in [0.25, 0.3) is 0 Å². The normalized spacial score (nSPS) is 11.9. The number of carbonyl (C=O) groups excluding carboxylic acids is 3. The molecule has 0 aromatic rings. The highest BCUT2D eigenvalue weighted by atomic mass is 16.6. The Morgan fingerprint density at radius 3 is 1.19 bits per heavy atom. The van der Waals surface area contributed by atoms with E-state index in [1.807, 2.05) is 6.92 Å². The van der Waals surface area contributed by atoms with Crippen molar-refractivity contribution in [2.75, 3.05) is 6.61 Å². The first-order valence-corrected chi connectivity index (χ1v) is 21.0. The molecule has 284 valence electrons. The minimum atomic E-state index is -0.409. The summed E-state index contributed by atoms with van der Waals surface area (Å²) in [4.78, 5) is 37.5. The molecule has 48 heavy (non-hydrogen) atoms. The van der Waals surface area contributed by atoms with Crippen molar-refractivity contribution >= 4 is 17.9 Å². The fraction of sp³-hybridized carbons (Fsp3) is 0.929. The van der Waals surface area contributed by atoms with Crippen LogP contribution in [0.5, 0.6) is 0 Å². The Bertz CT molecular complexity index is 707. The summed E-state index contributed by atoms with van der Waals surface area (Å²) in [5, 5.41) is 0. The van der Waals surface area contributed by atoms with Gasteiger partial charge < -0.3 is 14.2 Å². The predicted octanol–water partition coefficient (Wildman–Crippen LogP) is 12.9. The summed E-state index contributed by atoms with van der Waals surface area (Å²) in [6.07, 6.45) is 33.5. The van der Waals surface area contributed by atoms with Gasteiger partial charge in [0, 0.05) is 12.8 Å². The van der Waals surface area contributed by atoms with Crippen LogP contribution in [-0.4, -0.2) is 36.7 Å². The Hall–Kier alpha value is -1.59. The number of esters is 3. The van der Waals surface area contributed by atoms with Gasteiger partial charge in [-0.05, 0) is 51.4 Å². The summed E-state index contributed by atoms with van der Waals surface area (Å²) in [5.74, 6) is -0.579. The average molecular weight is 681 g/mol. The average Bonchev–Trinajstić information content (AvgIpc) is 3.06. The molecule has 6 heteroatoms. The van der Waals surface area contributed by atoms with E-state index < -0.39 is 6.10 Å². The molecule has 0 aromatic carbocycles. The first-order chi connectivity index (χ1) is 23.5. The first-order valence-electron chi connectivity index (χ1n) is 21.0. The number of carbonyl (C=O) groups is 3. The maximum absolute atomic E-state index is 12.6. The molecule has 0 aliphatic carbocycles. The molecule has 0 saturated carbocycles. The second kappa shape index (κ2) is 36.7. The predicted molar refractivity (Wildman–Crippen MR) is 201 cm³/mol. The maximum atomic E-state index is 12.6. The fourth-order valence-electron chi connectivity index (χ4n) is 6.32. The van der Waals surface area contributed by atoms with Crippen molar-refractivity contribution in [3.05, 3.63) is 0 Å². The molecule has 0 bridgehead atoms. The standard InChI is InChI=1S/C42H80O6/c1-5-9-12-15-18-19-20-25-30-36-46-42(45)37-39(31-8-4)48-41(44)35-29-24-23-28-34-40(43)47-38(32-26-21-16-13-10-6-2)33-27-22-17-14-11-7-3/h38-39H,5-37H2,1-4H3. The van der Waals surface area contributed by atoms with Gasteiger partial charge in [-0.25, -0.2) is 0 Å². The lowest BCUT2D eigenvalue weighted by Gasteiger charge is -2.18. The Balaban J connectivity index is 4.15. The molecule has 0 spiro atoms. The third-order valence-electron chi connectivity index (χ3n) is 9.38. The lowest BCUT2D eigenvalue weighted by atomic mass is 10.0. The molecule has 0 rings (SSSR count). The van der Waals surface area contributed by atoms with Crippen LogP contribution in [0.1, 0.15) is 233 Å². The quantitative estimate of drug-likeness (QED) is 0.0369. The van der Waals surface area contributed by atoms with E-state index in [2.05, 4.69) is 20.8 Å². The minimum Gasteiger partial charge on any atom is -0.466 e. The van der Waals surface area contributed by atoms with E-state index in [1.165, 1.54) is 109 Å². The van der Waals surface area contributed by atoms with Crippen molar-refractivity contribution in [1.82, 2.24) is 0 Å². The molecule has 0 radical (unpaired) electrons. The zero-order valence-corrected chi connectivity index (χ0v) is 32.4. The van der Waals surface area contributed by atoms with Gasteiger partial charge in [-0.1, -0.05) is 163 Å². The van der Waals surface area contributed by atoms with Gasteiger partial charge in [0.05, 0.1) is 13.0 Å². The van der Waals surface area contributed by atoms with Crippen molar-refractivity contribution in [1.29, 1.82) is 0 Å². The second-order valence-electron chi connectivity index (χ2n) is 14.3. The summed E-state index contributed by atoms with van der Waals surface area (Å²) >= 11 is 0. The summed E-state index contributed by atoms with van der Waals surface area (Å²) in [6, 6.07) is 0. The smallest absolute Gasteiger partial charge is 0.309 e. The SMILES string of the molecule is CCCCCCCCCCCOC(=O)CC(CCC)OC(=O)CCCCCCC(=O)OC(CCCCCCCC)CCCCCCCC. The maximum Gasteiger partial charge on any atom is 0.309 e. The summed E-state index contributed by atoms with van der Waals surface area (Å²) in [6.45, 7) is 9.22. The van der Waals surface area contributed by atoms with E-state index in [4.69, 9.17) is 14.2 Å². The van der Waals surface area contributed by atoms with Crippen molar-refractivity contribution in [3.8, 4) is 0 Å². The van der Waals surface area contributed by atoms with Crippen LogP contribution < -0.4 is 0 Å². The van der Waals surface area contributed by atoms with Gasteiger partial charge in [0.25, 0.3) is 0 Å². The zero-order valence-electron chi connectivity index (χ0n) is 32.4. The highest BCUT2D eigenvalue weighted by Gasteiger charge is 2.19. The third kappa shape index (κ3) is 32.9. The first kappa shape index (κ1) is 46.4. The van der Waals surface area contributed by atoms with Gasteiger partial charge >= 0.3 is 17.9 Å². The van der Waals surface area contributed by atoms with E-state index in [1.54, 1.807) is 0 Å². The van der Waals surface area contributed by atoms with Crippen LogP contribution in [-0.2, 0) is 28.6 Å². The molecule has 0 fully saturated rings. The molecule has 0 heterocycles. The van der Waals surface area contributed by atoms with E-state index in [0.29, 0.717) is 25.9 Å². The van der Waals surface area contributed by atoms with Gasteiger partial charge in [-0.3, -0.25) is 14.4 Å². The number of rotatable bonds is 37. The molecular weight excluding hydrogens is 600 g/mol. The monoisotopic (exact) mass is 681 g/mol. The number of hydrogen-bond donors (Lipinski definition) is 0. The van der Waals surface area contributed by atoms with Gasteiger partial charge in [0.1, 0.15) is 12.2 Å². The molecule has 0 aromatic heterocycles. The number of ether oxygens (including phenoxy) is 3. The van der Waals surface area contributed by atoms with Gasteiger partial charge in [0.2, 0.25) is 0 Å². The number of unbranched alkanes of at least 4 members (excludes halogenated alkanes) is 21. The van der Waals surface area contributed by atoms with Crippen molar-refractivity contribution in [2.45, 2.75) is 245 Å². The lowest BCUT2D eigenvalue weighted by Crippen LogP contribution is -2.23. The van der Waals surface area contributed by atoms with Crippen LogP contribution in [0.2, 0.25) is 0 Å². The van der Waals surface area contributed by atoms with Crippen molar-refractivity contribution in [3.63, 3.8) is 0 Å². The van der Waals surface area contributed by atoms with Crippen LogP contribution >= 0.6 is 0 Å². The molecule has 0 aliphatic heterocycles. The van der Waals surface area contributed by atoms with Crippen LogP contribution in [0.3, 0.4) is 0 Å². The van der Waals surface area contributed by atoms with Gasteiger partial charge in [0.15, 0.2) is 0 Å². The number of hydrogen-bond acceptors (Lipinski definition) is 6. The molecule has 0 N–H and O–H groups in total. The topological polar surface area (TPSA) is 78.9 Å². The molecule has 1 unspecified atom stereocenters. The third-order valence-corrected chi connectivity index (χ3v) is 9.38. The van der Waals surface area contributed by atoms with Gasteiger partial charge in [-0.2, -0.15) is 0 Å². The van der Waals surface area contributed by atoms with Crippen LogP contribution in [0, 0.1) is 0 Å². The molecule has 0 aliphatic rings. The Morgan fingerprint density at radius 1 is 0.375 bits per heavy atom. The Kier molecular flexibility index (Phi) is 35.5. The van der Waals surface area contributed by atoms with Crippen LogP contribution in [0.4, 0.5) is 0 Å². The summed E-state index contributed by atoms with van der Waals surface area (Å²) in [7, 11) is 0. The summed E-state index contributed by atoms with van der Waals surface area (Å²) in [5.41, 5.74) is 0. The zero-order chi connectivity index (χ0) is 35.3. The van der Waals surface area contributed by atoms with Crippen molar-refractivity contribution in [2.24, 2.45) is 0 Å². The highest BCUT2D eigenvalue weighted by Crippen LogP contribution is 2.19. The molecular formula is C42H80O6. The van der Waals surface area contributed by atoms with Gasteiger partial charge in [-0.15, -0.1) is 0 Å².